The van der Waals surface area contributed by atoms with Gasteiger partial charge in [0.25, 0.3) is 6.01 Å². The summed E-state index contributed by atoms with van der Waals surface area (Å²) in [7, 11) is 0. The monoisotopic (exact) mass is 226 g/mol. The number of carbonyl (C=O) groups excluding carboxylic acids is 1. The van der Waals surface area contributed by atoms with E-state index >= 15 is 0 Å². The molecule has 0 aliphatic heterocycles. The van der Waals surface area contributed by atoms with Crippen LogP contribution in [0.4, 0.5) is 6.01 Å². The first-order valence-electron chi connectivity index (χ1n) is 4.25. The van der Waals surface area contributed by atoms with Crippen molar-refractivity contribution < 1.29 is 9.21 Å². The van der Waals surface area contributed by atoms with Crippen LogP contribution >= 0.6 is 12.4 Å². The number of nitrogens with two attached hydrogens (primary N) is 1. The average molecular weight is 227 g/mol. The van der Waals surface area contributed by atoms with E-state index in [1.165, 1.54) is 6.92 Å². The van der Waals surface area contributed by atoms with Crippen LogP contribution in [0, 0.1) is 6.92 Å². The first-order valence-corrected chi connectivity index (χ1v) is 4.25. The van der Waals surface area contributed by atoms with Gasteiger partial charge in [-0.05, 0) is 31.5 Å². The Morgan fingerprint density at radius 1 is 1.47 bits per heavy atom. The quantitative estimate of drug-likeness (QED) is 0.758. The van der Waals surface area contributed by atoms with Crippen molar-refractivity contribution in [3.63, 3.8) is 0 Å². The number of Topliss-reactive ketones (excluding diaryl/α,β-unsaturated/α-hetero) is 1. The van der Waals surface area contributed by atoms with Crippen LogP contribution < -0.4 is 5.73 Å². The van der Waals surface area contributed by atoms with Crippen molar-refractivity contribution in [1.29, 1.82) is 0 Å². The molecule has 2 rings (SSSR count). The minimum Gasteiger partial charge on any atom is -0.423 e. The summed E-state index contributed by atoms with van der Waals surface area (Å²) in [5, 5.41) is 0. The van der Waals surface area contributed by atoms with Crippen LogP contribution in [0.3, 0.4) is 0 Å². The lowest BCUT2D eigenvalue weighted by atomic mass is 10.1. The molecule has 0 spiro atoms. The molecular formula is C10H11ClN2O2. The molecule has 0 bridgehead atoms. The van der Waals surface area contributed by atoms with Crippen molar-refractivity contribution in [2.24, 2.45) is 0 Å². The summed E-state index contributed by atoms with van der Waals surface area (Å²) >= 11 is 0. The largest absolute Gasteiger partial charge is 0.423 e. The number of fused-ring (bicyclic) bond motifs is 1. The summed E-state index contributed by atoms with van der Waals surface area (Å²) in [6.45, 7) is 3.39. The number of benzene rings is 1. The van der Waals surface area contributed by atoms with Crippen LogP contribution in [0.15, 0.2) is 16.5 Å². The highest BCUT2D eigenvalue weighted by Gasteiger charge is 2.12. The van der Waals surface area contributed by atoms with Crippen LogP contribution in [-0.4, -0.2) is 10.8 Å². The number of nitrogen functional groups attached to an aromatic ring is 1. The lowest BCUT2D eigenvalue weighted by Crippen LogP contribution is -1.93. The molecule has 0 radical (unpaired) electrons. The third-order valence-corrected chi connectivity index (χ3v) is 2.03. The lowest BCUT2D eigenvalue weighted by molar-refractivity contribution is 0.101. The van der Waals surface area contributed by atoms with E-state index in [-0.39, 0.29) is 24.2 Å². The zero-order valence-corrected chi connectivity index (χ0v) is 9.22. The molecule has 80 valence electrons. The minimum absolute atomic E-state index is 0. The van der Waals surface area contributed by atoms with Gasteiger partial charge in [0.15, 0.2) is 11.4 Å². The molecule has 4 nitrogen and oxygen atoms in total. The fourth-order valence-electron chi connectivity index (χ4n) is 1.45. The van der Waals surface area contributed by atoms with Crippen LogP contribution in [0.1, 0.15) is 22.8 Å². The molecule has 1 aromatic carbocycles. The van der Waals surface area contributed by atoms with Crippen LogP contribution in [0.2, 0.25) is 0 Å². The predicted octanol–water partition coefficient (Wildman–Crippen LogP) is 2.34. The average Bonchev–Trinajstić information content (AvgIpc) is 2.42. The highest BCUT2D eigenvalue weighted by Crippen LogP contribution is 2.23. The number of ketones is 1. The van der Waals surface area contributed by atoms with Gasteiger partial charge in [-0.15, -0.1) is 12.4 Å². The predicted molar refractivity (Wildman–Crippen MR) is 60.4 cm³/mol. The molecule has 2 N–H and O–H groups in total. The first kappa shape index (κ1) is 11.5. The van der Waals surface area contributed by atoms with Gasteiger partial charge in [-0.25, -0.2) is 0 Å². The van der Waals surface area contributed by atoms with E-state index in [2.05, 4.69) is 4.98 Å². The molecule has 0 saturated carbocycles. The second-order valence-corrected chi connectivity index (χ2v) is 3.27. The molecule has 0 fully saturated rings. The number of aryl methyl sites for hydroxylation is 1. The van der Waals surface area contributed by atoms with Crippen LogP contribution in [0.25, 0.3) is 11.1 Å². The summed E-state index contributed by atoms with van der Waals surface area (Å²) in [5.74, 6) is -0.0464. The fraction of sp³-hybridized carbons (Fsp3) is 0.200. The highest BCUT2D eigenvalue weighted by atomic mass is 35.5. The molecule has 5 heteroatoms. The second kappa shape index (κ2) is 3.90. The van der Waals surface area contributed by atoms with Crippen molar-refractivity contribution in [3.8, 4) is 0 Å². The summed E-state index contributed by atoms with van der Waals surface area (Å²) in [4.78, 5) is 15.3. The second-order valence-electron chi connectivity index (χ2n) is 3.27. The van der Waals surface area contributed by atoms with Crippen molar-refractivity contribution in [2.75, 3.05) is 5.73 Å². The van der Waals surface area contributed by atoms with Gasteiger partial charge in [-0.2, -0.15) is 4.98 Å². The van der Waals surface area contributed by atoms with Crippen molar-refractivity contribution in [3.05, 3.63) is 23.3 Å². The summed E-state index contributed by atoms with van der Waals surface area (Å²) < 4.78 is 5.16. The summed E-state index contributed by atoms with van der Waals surface area (Å²) in [5.41, 5.74) is 8.03. The number of rotatable bonds is 1. The smallest absolute Gasteiger partial charge is 0.293 e. The Morgan fingerprint density at radius 2 is 2.13 bits per heavy atom. The zero-order valence-electron chi connectivity index (χ0n) is 8.40. The Balaban J connectivity index is 0.00000112. The Morgan fingerprint density at radius 3 is 2.73 bits per heavy atom. The van der Waals surface area contributed by atoms with E-state index in [9.17, 15) is 4.79 Å². The van der Waals surface area contributed by atoms with Gasteiger partial charge in [0.05, 0.1) is 5.56 Å². The summed E-state index contributed by atoms with van der Waals surface area (Å²) in [6.07, 6.45) is 0. The molecule has 0 aliphatic rings. The van der Waals surface area contributed by atoms with Gasteiger partial charge in [-0.3, -0.25) is 4.79 Å². The van der Waals surface area contributed by atoms with Crippen molar-refractivity contribution in [2.45, 2.75) is 13.8 Å². The van der Waals surface area contributed by atoms with Gasteiger partial charge < -0.3 is 10.2 Å². The zero-order chi connectivity index (χ0) is 10.3. The number of nitrogens with zero attached hydrogens (tertiary/aromatic N) is 1. The maximum atomic E-state index is 11.3. The van der Waals surface area contributed by atoms with Crippen molar-refractivity contribution in [1.82, 2.24) is 4.98 Å². The van der Waals surface area contributed by atoms with Gasteiger partial charge in [0.1, 0.15) is 5.52 Å². The van der Waals surface area contributed by atoms with E-state index < -0.39 is 0 Å². The molecule has 2 aromatic rings. The van der Waals surface area contributed by atoms with Gasteiger partial charge >= 0.3 is 0 Å². The van der Waals surface area contributed by atoms with E-state index in [4.69, 9.17) is 10.2 Å². The maximum absolute atomic E-state index is 11.3. The number of carbonyl (C=O) groups is 1. The molecule has 0 saturated heterocycles. The Kier molecular flexibility index (Phi) is 3.00. The molecule has 15 heavy (non-hydrogen) atoms. The SMILES string of the molecule is CC(=O)c1cc(C)cc2nc(N)oc12.Cl. The topological polar surface area (TPSA) is 69.1 Å². The van der Waals surface area contributed by atoms with Gasteiger partial charge in [-0.1, -0.05) is 0 Å². The first-order chi connectivity index (χ1) is 6.58. The molecule has 0 aliphatic carbocycles. The molecule has 0 amide bonds. The third-order valence-electron chi connectivity index (χ3n) is 2.03. The number of anilines is 1. The third kappa shape index (κ3) is 1.94. The van der Waals surface area contributed by atoms with Crippen molar-refractivity contribution >= 4 is 35.3 Å². The maximum Gasteiger partial charge on any atom is 0.293 e. The number of oxazole rings is 1. The minimum atomic E-state index is -0.0464. The standard InChI is InChI=1S/C10H10N2O2.ClH/c1-5-3-7(6(2)13)9-8(4-5)12-10(11)14-9;/h3-4H,1-2H3,(H2,11,12);1H. The lowest BCUT2D eigenvalue weighted by Gasteiger charge is -1.97. The normalized spacial score (nSPS) is 10.0. The molecule has 0 unspecified atom stereocenters. The molecule has 1 heterocycles. The van der Waals surface area contributed by atoms with E-state index in [1.54, 1.807) is 6.07 Å². The van der Waals surface area contributed by atoms with Crippen LogP contribution in [-0.2, 0) is 0 Å². The Hall–Kier alpha value is -1.55. The van der Waals surface area contributed by atoms with Gasteiger partial charge in [0.2, 0.25) is 0 Å². The van der Waals surface area contributed by atoms with Gasteiger partial charge in [0, 0.05) is 0 Å². The van der Waals surface area contributed by atoms with E-state index in [1.807, 2.05) is 13.0 Å². The Labute approximate surface area is 92.9 Å². The van der Waals surface area contributed by atoms with Crippen LogP contribution in [0.5, 0.6) is 0 Å². The van der Waals surface area contributed by atoms with E-state index in [0.29, 0.717) is 16.7 Å². The highest BCUT2D eigenvalue weighted by molar-refractivity contribution is 6.04. The molecule has 1 aromatic heterocycles. The number of hydrogen-bond donors (Lipinski definition) is 1. The number of hydrogen-bond acceptors (Lipinski definition) is 4. The fourth-order valence-corrected chi connectivity index (χ4v) is 1.45. The number of halogens is 1. The molecular weight excluding hydrogens is 216 g/mol. The van der Waals surface area contributed by atoms with E-state index in [0.717, 1.165) is 5.56 Å². The Bertz CT molecular complexity index is 519. The molecule has 0 atom stereocenters. The number of aromatic nitrogens is 1. The summed E-state index contributed by atoms with van der Waals surface area (Å²) in [6, 6.07) is 3.70.